The molecular weight excluding hydrogens is 220 g/mol. The zero-order valence-electron chi connectivity index (χ0n) is 11.0. The third-order valence-electron chi connectivity index (χ3n) is 2.99. The molecule has 1 saturated heterocycles. The molecule has 0 spiro atoms. The van der Waals surface area contributed by atoms with Crippen molar-refractivity contribution in [2.75, 3.05) is 26.8 Å². The predicted molar refractivity (Wildman–Crippen MR) is 65.9 cm³/mol. The van der Waals surface area contributed by atoms with Crippen molar-refractivity contribution in [3.63, 3.8) is 0 Å². The highest BCUT2D eigenvalue weighted by Crippen LogP contribution is 2.12. The van der Waals surface area contributed by atoms with Gasteiger partial charge in [-0.15, -0.1) is 0 Å². The summed E-state index contributed by atoms with van der Waals surface area (Å²) in [7, 11) is 1.61. The minimum absolute atomic E-state index is 0.0688. The molecule has 5 heteroatoms. The van der Waals surface area contributed by atoms with Crippen molar-refractivity contribution >= 4 is 5.91 Å². The second-order valence-electron chi connectivity index (χ2n) is 4.57. The Hall–Kier alpha value is -0.650. The molecule has 2 N–H and O–H groups in total. The fourth-order valence-corrected chi connectivity index (χ4v) is 1.86. The molecule has 1 fully saturated rings. The summed E-state index contributed by atoms with van der Waals surface area (Å²) in [6, 6.07) is 0.556. The van der Waals surface area contributed by atoms with Crippen molar-refractivity contribution in [3.05, 3.63) is 0 Å². The Kier molecular flexibility index (Phi) is 6.47. The normalized spacial score (nSPS) is 26.5. The van der Waals surface area contributed by atoms with Crippen LogP contribution in [0.2, 0.25) is 0 Å². The van der Waals surface area contributed by atoms with Crippen molar-refractivity contribution in [2.45, 2.75) is 44.9 Å². The number of rotatable bonds is 6. The van der Waals surface area contributed by atoms with E-state index in [0.717, 1.165) is 19.4 Å². The van der Waals surface area contributed by atoms with Gasteiger partial charge in [-0.1, -0.05) is 0 Å². The van der Waals surface area contributed by atoms with Gasteiger partial charge in [-0.2, -0.15) is 0 Å². The first-order valence-electron chi connectivity index (χ1n) is 6.29. The molecule has 0 radical (unpaired) electrons. The van der Waals surface area contributed by atoms with Gasteiger partial charge in [-0.05, 0) is 26.7 Å². The molecule has 100 valence electrons. The molecular formula is C12H24N2O3. The molecule has 1 rings (SSSR count). The molecule has 0 saturated carbocycles. The quantitative estimate of drug-likeness (QED) is 0.660. The first-order chi connectivity index (χ1) is 8.13. The summed E-state index contributed by atoms with van der Waals surface area (Å²) in [6.07, 6.45) is 1.87. The number of amides is 1. The summed E-state index contributed by atoms with van der Waals surface area (Å²) < 4.78 is 10.6. The van der Waals surface area contributed by atoms with E-state index in [0.29, 0.717) is 19.2 Å². The van der Waals surface area contributed by atoms with Crippen molar-refractivity contribution in [3.8, 4) is 0 Å². The van der Waals surface area contributed by atoms with Crippen LogP contribution in [-0.4, -0.2) is 51.0 Å². The number of hydrogen-bond acceptors (Lipinski definition) is 4. The SMILES string of the molecule is COCCNC(=O)C(C)OC1CCC(C)NC1. The van der Waals surface area contributed by atoms with Crippen LogP contribution in [0.1, 0.15) is 26.7 Å². The predicted octanol–water partition coefficient (Wildman–Crippen LogP) is 0.295. The molecule has 3 atom stereocenters. The Morgan fingerprint density at radius 1 is 1.53 bits per heavy atom. The maximum Gasteiger partial charge on any atom is 0.248 e. The van der Waals surface area contributed by atoms with E-state index >= 15 is 0 Å². The monoisotopic (exact) mass is 244 g/mol. The summed E-state index contributed by atoms with van der Waals surface area (Å²) in [5, 5.41) is 6.12. The maximum atomic E-state index is 11.6. The van der Waals surface area contributed by atoms with Crippen molar-refractivity contribution < 1.29 is 14.3 Å². The molecule has 0 bridgehead atoms. The number of methoxy groups -OCH3 is 1. The number of carbonyl (C=O) groups is 1. The van der Waals surface area contributed by atoms with Crippen LogP contribution >= 0.6 is 0 Å². The van der Waals surface area contributed by atoms with Gasteiger partial charge in [0.15, 0.2) is 0 Å². The van der Waals surface area contributed by atoms with Crippen LogP contribution in [0.4, 0.5) is 0 Å². The Morgan fingerprint density at radius 2 is 2.29 bits per heavy atom. The number of hydrogen-bond donors (Lipinski definition) is 2. The van der Waals surface area contributed by atoms with Gasteiger partial charge in [0.1, 0.15) is 6.10 Å². The zero-order valence-corrected chi connectivity index (χ0v) is 11.0. The summed E-state index contributed by atoms with van der Waals surface area (Å²) in [6.45, 7) is 5.85. The number of ether oxygens (including phenoxy) is 2. The Morgan fingerprint density at radius 3 is 2.88 bits per heavy atom. The molecule has 5 nitrogen and oxygen atoms in total. The van der Waals surface area contributed by atoms with Crippen LogP contribution < -0.4 is 10.6 Å². The van der Waals surface area contributed by atoms with Gasteiger partial charge >= 0.3 is 0 Å². The van der Waals surface area contributed by atoms with Crippen LogP contribution in [-0.2, 0) is 14.3 Å². The van der Waals surface area contributed by atoms with E-state index in [-0.39, 0.29) is 12.0 Å². The summed E-state index contributed by atoms with van der Waals surface area (Å²) in [4.78, 5) is 11.6. The molecule has 0 aromatic heterocycles. The Bertz CT molecular complexity index is 228. The fraction of sp³-hybridized carbons (Fsp3) is 0.917. The number of nitrogens with one attached hydrogen (secondary N) is 2. The molecule has 1 heterocycles. The molecule has 0 aromatic rings. The van der Waals surface area contributed by atoms with E-state index in [1.54, 1.807) is 14.0 Å². The van der Waals surface area contributed by atoms with Gasteiger partial charge in [-0.3, -0.25) is 4.79 Å². The lowest BCUT2D eigenvalue weighted by Crippen LogP contribution is -2.45. The molecule has 0 aliphatic carbocycles. The lowest BCUT2D eigenvalue weighted by molar-refractivity contribution is -0.136. The topological polar surface area (TPSA) is 59.6 Å². The third kappa shape index (κ3) is 5.48. The molecule has 1 amide bonds. The largest absolute Gasteiger partial charge is 0.383 e. The van der Waals surface area contributed by atoms with E-state index in [2.05, 4.69) is 17.6 Å². The molecule has 1 aliphatic rings. The van der Waals surface area contributed by atoms with E-state index in [1.165, 1.54) is 0 Å². The van der Waals surface area contributed by atoms with Crippen molar-refractivity contribution in [2.24, 2.45) is 0 Å². The molecule has 17 heavy (non-hydrogen) atoms. The van der Waals surface area contributed by atoms with Crippen molar-refractivity contribution in [1.82, 2.24) is 10.6 Å². The van der Waals surface area contributed by atoms with Crippen LogP contribution in [0.3, 0.4) is 0 Å². The smallest absolute Gasteiger partial charge is 0.248 e. The van der Waals surface area contributed by atoms with Crippen LogP contribution in [0.25, 0.3) is 0 Å². The van der Waals surface area contributed by atoms with E-state index in [9.17, 15) is 4.79 Å². The van der Waals surface area contributed by atoms with Gasteiger partial charge in [0, 0.05) is 26.2 Å². The Balaban J connectivity index is 2.19. The molecule has 3 unspecified atom stereocenters. The second-order valence-corrected chi connectivity index (χ2v) is 4.57. The average molecular weight is 244 g/mol. The van der Waals surface area contributed by atoms with E-state index in [1.807, 2.05) is 0 Å². The fourth-order valence-electron chi connectivity index (χ4n) is 1.86. The van der Waals surface area contributed by atoms with Gasteiger partial charge in [-0.25, -0.2) is 0 Å². The molecule has 0 aromatic carbocycles. The van der Waals surface area contributed by atoms with Crippen molar-refractivity contribution in [1.29, 1.82) is 0 Å². The highest BCUT2D eigenvalue weighted by atomic mass is 16.5. The third-order valence-corrected chi connectivity index (χ3v) is 2.99. The summed E-state index contributed by atoms with van der Waals surface area (Å²) in [5.74, 6) is -0.0688. The lowest BCUT2D eigenvalue weighted by Gasteiger charge is -2.29. The van der Waals surface area contributed by atoms with Crippen LogP contribution in [0.5, 0.6) is 0 Å². The van der Waals surface area contributed by atoms with Gasteiger partial charge in [0.25, 0.3) is 0 Å². The first kappa shape index (κ1) is 14.4. The zero-order chi connectivity index (χ0) is 12.7. The number of carbonyl (C=O) groups excluding carboxylic acids is 1. The highest BCUT2D eigenvalue weighted by Gasteiger charge is 2.22. The first-order valence-corrected chi connectivity index (χ1v) is 6.29. The second kappa shape index (κ2) is 7.63. The summed E-state index contributed by atoms with van der Waals surface area (Å²) in [5.41, 5.74) is 0. The standard InChI is InChI=1S/C12H24N2O3/c1-9-4-5-11(8-14-9)17-10(2)12(15)13-6-7-16-3/h9-11,14H,4-8H2,1-3H3,(H,13,15). The average Bonchev–Trinajstić information content (AvgIpc) is 2.32. The van der Waals surface area contributed by atoms with Gasteiger partial charge < -0.3 is 20.1 Å². The number of piperidine rings is 1. The Labute approximate surface area is 103 Å². The minimum atomic E-state index is -0.396. The lowest BCUT2D eigenvalue weighted by atomic mass is 10.0. The van der Waals surface area contributed by atoms with E-state index < -0.39 is 6.10 Å². The van der Waals surface area contributed by atoms with Crippen LogP contribution in [0.15, 0.2) is 0 Å². The van der Waals surface area contributed by atoms with Gasteiger partial charge in [0.05, 0.1) is 12.7 Å². The highest BCUT2D eigenvalue weighted by molar-refractivity contribution is 5.80. The summed E-state index contributed by atoms with van der Waals surface area (Å²) >= 11 is 0. The maximum absolute atomic E-state index is 11.6. The van der Waals surface area contributed by atoms with E-state index in [4.69, 9.17) is 9.47 Å². The minimum Gasteiger partial charge on any atom is -0.383 e. The molecule has 1 aliphatic heterocycles. The van der Waals surface area contributed by atoms with Gasteiger partial charge in [0.2, 0.25) is 5.91 Å². The van der Waals surface area contributed by atoms with Crippen LogP contribution in [0, 0.1) is 0 Å².